The summed E-state index contributed by atoms with van der Waals surface area (Å²) in [6.07, 6.45) is -0.439. The molecule has 1 heterocycles. The van der Waals surface area contributed by atoms with Gasteiger partial charge in [0.05, 0.1) is 12.6 Å². The van der Waals surface area contributed by atoms with Crippen molar-refractivity contribution >= 4 is 16.8 Å². The molecule has 0 saturated carbocycles. The molecule has 4 nitrogen and oxygen atoms in total. The molecule has 3 N–H and O–H groups in total. The lowest BCUT2D eigenvalue weighted by Crippen LogP contribution is -2.44. The van der Waals surface area contributed by atoms with Crippen molar-refractivity contribution in [2.45, 2.75) is 18.9 Å². The number of likely N-dealkylation sites (N-methyl/N-ethyl adjacent to an activating group) is 1. The fourth-order valence-electron chi connectivity index (χ4n) is 2.20. The number of carbonyl (C=O) groups is 1. The van der Waals surface area contributed by atoms with E-state index in [0.29, 0.717) is 6.42 Å². The smallest absolute Gasteiger partial charge is 0.255 e. The van der Waals surface area contributed by atoms with E-state index in [0.717, 1.165) is 21.4 Å². The minimum absolute atomic E-state index is 0.316. The van der Waals surface area contributed by atoms with E-state index in [1.54, 1.807) is 6.20 Å². The first kappa shape index (κ1) is 14.5. The molecule has 0 spiro atoms. The Bertz CT molecular complexity index is 597. The number of amides is 1. The van der Waals surface area contributed by atoms with Gasteiger partial charge in [-0.15, -0.1) is 0 Å². The van der Waals surface area contributed by atoms with Gasteiger partial charge in [-0.05, 0) is 18.1 Å². The first-order chi connectivity index (χ1) is 9.49. The third-order valence-electron chi connectivity index (χ3n) is 3.22. The number of para-hydroxylation sites is 1. The molecule has 0 aliphatic rings. The van der Waals surface area contributed by atoms with Gasteiger partial charge < -0.3 is 15.6 Å². The quantitative estimate of drug-likeness (QED) is 0.877. The number of nitrogens with two attached hydrogens (primary N) is 1. The predicted molar refractivity (Wildman–Crippen MR) is 73.6 cm³/mol. The average Bonchev–Trinajstić information content (AvgIpc) is 2.80. The molecule has 0 saturated heterocycles. The van der Waals surface area contributed by atoms with Crippen LogP contribution in [0.4, 0.5) is 8.78 Å². The number of benzene rings is 1. The number of fused-ring (bicyclic) bond motifs is 1. The molecule has 1 atom stereocenters. The van der Waals surface area contributed by atoms with Crippen LogP contribution in [0, 0.1) is 0 Å². The summed E-state index contributed by atoms with van der Waals surface area (Å²) < 4.78 is 24.5. The molecule has 1 amide bonds. The van der Waals surface area contributed by atoms with Crippen molar-refractivity contribution in [3.8, 4) is 0 Å². The summed E-state index contributed by atoms with van der Waals surface area (Å²) in [5, 5.41) is 0.993. The highest BCUT2D eigenvalue weighted by molar-refractivity contribution is 5.86. The maximum absolute atomic E-state index is 12.3. The van der Waals surface area contributed by atoms with Gasteiger partial charge in [-0.2, -0.15) is 0 Å². The molecule has 0 aliphatic heterocycles. The van der Waals surface area contributed by atoms with Crippen LogP contribution in [0.25, 0.3) is 10.9 Å². The number of carbonyl (C=O) groups excluding carboxylic acids is 1. The number of H-pyrrole nitrogens is 1. The van der Waals surface area contributed by atoms with Gasteiger partial charge in [0.25, 0.3) is 6.43 Å². The minimum Gasteiger partial charge on any atom is -0.361 e. The summed E-state index contributed by atoms with van der Waals surface area (Å²) in [6, 6.07) is 6.84. The van der Waals surface area contributed by atoms with Crippen LogP contribution in [0.5, 0.6) is 0 Å². The Balaban J connectivity index is 2.07. The number of aromatic nitrogens is 1. The van der Waals surface area contributed by atoms with Crippen molar-refractivity contribution in [1.29, 1.82) is 0 Å². The number of alkyl halides is 2. The third kappa shape index (κ3) is 3.14. The number of nitrogens with one attached hydrogen (secondary N) is 1. The summed E-state index contributed by atoms with van der Waals surface area (Å²) in [6.45, 7) is -0.597. The van der Waals surface area contributed by atoms with Crippen LogP contribution in [0.2, 0.25) is 0 Å². The molecule has 2 aromatic rings. The highest BCUT2D eigenvalue weighted by Crippen LogP contribution is 2.19. The van der Waals surface area contributed by atoms with Crippen LogP contribution in [0.15, 0.2) is 30.5 Å². The van der Waals surface area contributed by atoms with Gasteiger partial charge in [-0.25, -0.2) is 8.78 Å². The van der Waals surface area contributed by atoms with Gasteiger partial charge in [-0.3, -0.25) is 4.79 Å². The molecule has 2 rings (SSSR count). The van der Waals surface area contributed by atoms with Gasteiger partial charge in [0, 0.05) is 24.1 Å². The number of halogens is 2. The summed E-state index contributed by atoms with van der Waals surface area (Å²) in [5.74, 6) is -0.476. The Hall–Kier alpha value is -1.95. The van der Waals surface area contributed by atoms with Crippen molar-refractivity contribution in [2.24, 2.45) is 5.73 Å². The second-order valence-corrected chi connectivity index (χ2v) is 4.78. The first-order valence-electron chi connectivity index (χ1n) is 6.32. The maximum Gasteiger partial charge on any atom is 0.255 e. The van der Waals surface area contributed by atoms with Crippen molar-refractivity contribution in [2.75, 3.05) is 13.6 Å². The van der Waals surface area contributed by atoms with Crippen molar-refractivity contribution in [1.82, 2.24) is 9.88 Å². The number of nitrogens with zero attached hydrogens (tertiary/aromatic N) is 1. The summed E-state index contributed by atoms with van der Waals surface area (Å²) in [5.41, 5.74) is 7.70. The number of rotatable bonds is 5. The molecular formula is C14H17F2N3O. The SMILES string of the molecule is CN(CC(F)F)C(=O)C(N)Cc1c[nH]c2ccccc12. The topological polar surface area (TPSA) is 62.1 Å². The van der Waals surface area contributed by atoms with Crippen molar-refractivity contribution in [3.05, 3.63) is 36.0 Å². The van der Waals surface area contributed by atoms with Crippen LogP contribution in [0.1, 0.15) is 5.56 Å². The van der Waals surface area contributed by atoms with E-state index < -0.39 is 24.9 Å². The van der Waals surface area contributed by atoms with E-state index in [2.05, 4.69) is 4.98 Å². The molecule has 0 aliphatic carbocycles. The molecule has 20 heavy (non-hydrogen) atoms. The van der Waals surface area contributed by atoms with Gasteiger partial charge in [0.2, 0.25) is 5.91 Å². The molecular weight excluding hydrogens is 264 g/mol. The fraction of sp³-hybridized carbons (Fsp3) is 0.357. The second kappa shape index (κ2) is 6.00. The second-order valence-electron chi connectivity index (χ2n) is 4.78. The molecule has 1 aromatic carbocycles. The number of hydrogen-bond donors (Lipinski definition) is 2. The zero-order chi connectivity index (χ0) is 14.7. The molecule has 6 heteroatoms. The molecule has 0 fully saturated rings. The maximum atomic E-state index is 12.3. The lowest BCUT2D eigenvalue weighted by molar-refractivity contribution is -0.132. The minimum atomic E-state index is -2.55. The van der Waals surface area contributed by atoms with Crippen LogP contribution < -0.4 is 5.73 Å². The zero-order valence-corrected chi connectivity index (χ0v) is 11.1. The average molecular weight is 281 g/mol. The number of hydrogen-bond acceptors (Lipinski definition) is 2. The highest BCUT2D eigenvalue weighted by Gasteiger charge is 2.21. The first-order valence-corrected chi connectivity index (χ1v) is 6.32. The van der Waals surface area contributed by atoms with E-state index in [9.17, 15) is 13.6 Å². The van der Waals surface area contributed by atoms with Crippen LogP contribution >= 0.6 is 0 Å². The summed E-state index contributed by atoms with van der Waals surface area (Å²) in [7, 11) is 1.34. The lowest BCUT2D eigenvalue weighted by Gasteiger charge is -2.20. The van der Waals surface area contributed by atoms with Gasteiger partial charge in [-0.1, -0.05) is 18.2 Å². The Morgan fingerprint density at radius 2 is 2.10 bits per heavy atom. The Kier molecular flexibility index (Phi) is 4.34. The summed E-state index contributed by atoms with van der Waals surface area (Å²) in [4.78, 5) is 16.0. The Morgan fingerprint density at radius 1 is 1.40 bits per heavy atom. The van der Waals surface area contributed by atoms with E-state index >= 15 is 0 Å². The molecule has 1 aromatic heterocycles. The molecule has 0 radical (unpaired) electrons. The van der Waals surface area contributed by atoms with Crippen LogP contribution in [-0.4, -0.2) is 41.9 Å². The summed E-state index contributed by atoms with van der Waals surface area (Å²) >= 11 is 0. The largest absolute Gasteiger partial charge is 0.361 e. The fourth-order valence-corrected chi connectivity index (χ4v) is 2.20. The standard InChI is InChI=1S/C14H17F2N3O/c1-19(8-13(15)16)14(20)11(17)6-9-7-18-12-5-3-2-4-10(9)12/h2-5,7,11,13,18H,6,8,17H2,1H3. The van der Waals surface area contributed by atoms with Gasteiger partial charge in [0.15, 0.2) is 0 Å². The van der Waals surface area contributed by atoms with E-state index in [1.165, 1.54) is 7.05 Å². The van der Waals surface area contributed by atoms with E-state index in [1.807, 2.05) is 24.3 Å². The zero-order valence-electron chi connectivity index (χ0n) is 11.1. The van der Waals surface area contributed by atoms with Crippen LogP contribution in [0.3, 0.4) is 0 Å². The highest BCUT2D eigenvalue weighted by atomic mass is 19.3. The molecule has 1 unspecified atom stereocenters. The normalized spacial score (nSPS) is 12.8. The van der Waals surface area contributed by atoms with Gasteiger partial charge in [0.1, 0.15) is 0 Å². The Morgan fingerprint density at radius 3 is 2.80 bits per heavy atom. The number of aromatic amines is 1. The third-order valence-corrected chi connectivity index (χ3v) is 3.22. The molecule has 108 valence electrons. The Labute approximate surface area is 115 Å². The van der Waals surface area contributed by atoms with Crippen molar-refractivity contribution < 1.29 is 13.6 Å². The van der Waals surface area contributed by atoms with E-state index in [-0.39, 0.29) is 0 Å². The van der Waals surface area contributed by atoms with Gasteiger partial charge >= 0.3 is 0 Å². The predicted octanol–water partition coefficient (Wildman–Crippen LogP) is 1.76. The van der Waals surface area contributed by atoms with Crippen molar-refractivity contribution in [3.63, 3.8) is 0 Å². The molecule has 0 bridgehead atoms. The van der Waals surface area contributed by atoms with E-state index in [4.69, 9.17) is 5.73 Å². The monoisotopic (exact) mass is 281 g/mol. The van der Waals surface area contributed by atoms with Crippen LogP contribution in [-0.2, 0) is 11.2 Å². The lowest BCUT2D eigenvalue weighted by atomic mass is 10.0.